The molecule has 2 heterocycles. The Labute approximate surface area is 130 Å². The van der Waals surface area contributed by atoms with Gasteiger partial charge in [-0.2, -0.15) is 0 Å². The molecule has 0 bridgehead atoms. The SMILES string of the molecule is Cc1cn2cc(NS(=O)(=O)c3ccc(Br)cc3)ccc2n1. The van der Waals surface area contributed by atoms with Crippen LogP contribution in [0.25, 0.3) is 5.65 Å². The van der Waals surface area contributed by atoms with E-state index in [1.807, 2.05) is 13.1 Å². The third-order valence-corrected chi connectivity index (χ3v) is 4.87. The second-order valence-corrected chi connectivity index (χ2v) is 7.22. The lowest BCUT2D eigenvalue weighted by Gasteiger charge is -2.08. The molecule has 0 aliphatic carbocycles. The Morgan fingerprint density at radius 2 is 1.81 bits per heavy atom. The van der Waals surface area contributed by atoms with Gasteiger partial charge in [-0.3, -0.25) is 4.72 Å². The van der Waals surface area contributed by atoms with Crippen LogP contribution in [-0.4, -0.2) is 17.8 Å². The molecule has 0 atom stereocenters. The summed E-state index contributed by atoms with van der Waals surface area (Å²) in [5.41, 5.74) is 2.14. The average molecular weight is 366 g/mol. The Balaban J connectivity index is 1.94. The molecule has 1 aromatic carbocycles. The first-order chi connectivity index (χ1) is 9.94. The summed E-state index contributed by atoms with van der Waals surface area (Å²) in [6.07, 6.45) is 3.54. The summed E-state index contributed by atoms with van der Waals surface area (Å²) in [7, 11) is -3.60. The number of fused-ring (bicyclic) bond motifs is 1. The lowest BCUT2D eigenvalue weighted by molar-refractivity contribution is 0.601. The molecule has 0 amide bonds. The fourth-order valence-electron chi connectivity index (χ4n) is 2.01. The minimum Gasteiger partial charge on any atom is -0.305 e. The van der Waals surface area contributed by atoms with Crippen molar-refractivity contribution in [2.45, 2.75) is 11.8 Å². The van der Waals surface area contributed by atoms with Crippen LogP contribution >= 0.6 is 15.9 Å². The Morgan fingerprint density at radius 1 is 1.10 bits per heavy atom. The van der Waals surface area contributed by atoms with E-state index in [4.69, 9.17) is 0 Å². The molecule has 3 aromatic rings. The largest absolute Gasteiger partial charge is 0.305 e. The molecule has 0 aliphatic heterocycles. The van der Waals surface area contributed by atoms with Gasteiger partial charge < -0.3 is 4.40 Å². The number of nitrogens with zero attached hydrogens (tertiary/aromatic N) is 2. The number of hydrogen-bond donors (Lipinski definition) is 1. The molecular weight excluding hydrogens is 354 g/mol. The maximum absolute atomic E-state index is 12.3. The van der Waals surface area contributed by atoms with Crippen molar-refractivity contribution >= 4 is 37.3 Å². The molecule has 2 aromatic heterocycles. The third kappa shape index (κ3) is 2.93. The Morgan fingerprint density at radius 3 is 2.52 bits per heavy atom. The van der Waals surface area contributed by atoms with Gasteiger partial charge in [0.1, 0.15) is 5.65 Å². The van der Waals surface area contributed by atoms with Crippen LogP contribution in [0.1, 0.15) is 5.69 Å². The van der Waals surface area contributed by atoms with E-state index in [-0.39, 0.29) is 4.90 Å². The predicted octanol–water partition coefficient (Wildman–Crippen LogP) is 3.21. The fourth-order valence-corrected chi connectivity index (χ4v) is 3.31. The van der Waals surface area contributed by atoms with Crippen LogP contribution in [0.2, 0.25) is 0 Å². The molecule has 21 heavy (non-hydrogen) atoms. The number of anilines is 1. The van der Waals surface area contributed by atoms with Gasteiger partial charge in [0.2, 0.25) is 0 Å². The highest BCUT2D eigenvalue weighted by Gasteiger charge is 2.14. The van der Waals surface area contributed by atoms with Gasteiger partial charge in [-0.05, 0) is 43.3 Å². The summed E-state index contributed by atoms with van der Waals surface area (Å²) >= 11 is 3.28. The second-order valence-electron chi connectivity index (χ2n) is 4.62. The number of pyridine rings is 1. The average Bonchev–Trinajstić information content (AvgIpc) is 2.78. The lowest BCUT2D eigenvalue weighted by Crippen LogP contribution is -2.13. The first kappa shape index (κ1) is 14.1. The first-order valence-electron chi connectivity index (χ1n) is 6.18. The van der Waals surface area contributed by atoms with Crippen LogP contribution in [0.15, 0.2) is 58.2 Å². The molecule has 3 rings (SSSR count). The van der Waals surface area contributed by atoms with Gasteiger partial charge in [-0.1, -0.05) is 15.9 Å². The third-order valence-electron chi connectivity index (χ3n) is 2.95. The quantitative estimate of drug-likeness (QED) is 0.774. The number of aryl methyl sites for hydroxylation is 1. The summed E-state index contributed by atoms with van der Waals surface area (Å²) in [4.78, 5) is 4.51. The van der Waals surface area contributed by atoms with Gasteiger partial charge in [-0.15, -0.1) is 0 Å². The Hall–Kier alpha value is -1.86. The molecule has 0 fully saturated rings. The van der Waals surface area contributed by atoms with Crippen LogP contribution in [0.5, 0.6) is 0 Å². The minimum absolute atomic E-state index is 0.215. The number of sulfonamides is 1. The van der Waals surface area contributed by atoms with Crippen molar-refractivity contribution in [3.8, 4) is 0 Å². The molecule has 5 nitrogen and oxygen atoms in total. The number of aromatic nitrogens is 2. The highest BCUT2D eigenvalue weighted by Crippen LogP contribution is 2.19. The molecule has 0 saturated heterocycles. The standard InChI is InChI=1S/C14H12BrN3O2S/c1-10-8-18-9-12(4-7-14(18)16-10)17-21(19,20)13-5-2-11(15)3-6-13/h2-9,17H,1H3. The van der Waals surface area contributed by atoms with Crippen molar-refractivity contribution in [2.75, 3.05) is 4.72 Å². The highest BCUT2D eigenvalue weighted by molar-refractivity contribution is 9.10. The van der Waals surface area contributed by atoms with Crippen LogP contribution in [0.3, 0.4) is 0 Å². The van der Waals surface area contributed by atoms with E-state index in [1.165, 1.54) is 0 Å². The van der Waals surface area contributed by atoms with Gasteiger partial charge in [0.05, 0.1) is 16.3 Å². The van der Waals surface area contributed by atoms with Crippen molar-refractivity contribution in [1.29, 1.82) is 0 Å². The van der Waals surface area contributed by atoms with E-state index in [2.05, 4.69) is 25.6 Å². The topological polar surface area (TPSA) is 63.5 Å². The monoisotopic (exact) mass is 365 g/mol. The maximum atomic E-state index is 12.3. The summed E-state index contributed by atoms with van der Waals surface area (Å²) in [6.45, 7) is 1.89. The van der Waals surface area contributed by atoms with Crippen LogP contribution in [0.4, 0.5) is 5.69 Å². The fraction of sp³-hybridized carbons (Fsp3) is 0.0714. The zero-order valence-corrected chi connectivity index (χ0v) is 13.5. The van der Waals surface area contributed by atoms with Crippen LogP contribution in [-0.2, 0) is 10.0 Å². The molecule has 0 saturated carbocycles. The summed E-state index contributed by atoms with van der Waals surface area (Å²) in [5.74, 6) is 0. The van der Waals surface area contributed by atoms with Gasteiger partial charge in [0, 0.05) is 16.9 Å². The number of benzene rings is 1. The molecule has 0 spiro atoms. The van der Waals surface area contributed by atoms with E-state index in [9.17, 15) is 8.42 Å². The number of imidazole rings is 1. The van der Waals surface area contributed by atoms with Gasteiger partial charge in [0.15, 0.2) is 0 Å². The van der Waals surface area contributed by atoms with Crippen molar-refractivity contribution < 1.29 is 8.42 Å². The Bertz CT molecular complexity index is 902. The molecule has 7 heteroatoms. The van der Waals surface area contributed by atoms with E-state index in [1.54, 1.807) is 47.0 Å². The van der Waals surface area contributed by atoms with E-state index in [0.29, 0.717) is 5.69 Å². The first-order valence-corrected chi connectivity index (χ1v) is 8.45. The van der Waals surface area contributed by atoms with Crippen molar-refractivity contribution in [2.24, 2.45) is 0 Å². The molecular formula is C14H12BrN3O2S. The molecule has 0 aliphatic rings. The van der Waals surface area contributed by atoms with Gasteiger partial charge in [0.25, 0.3) is 10.0 Å². The van der Waals surface area contributed by atoms with E-state index in [0.717, 1.165) is 15.8 Å². The number of halogens is 1. The molecule has 0 radical (unpaired) electrons. The normalized spacial score (nSPS) is 11.7. The second kappa shape index (κ2) is 5.16. The number of rotatable bonds is 3. The molecule has 1 N–H and O–H groups in total. The van der Waals surface area contributed by atoms with Gasteiger partial charge >= 0.3 is 0 Å². The zero-order valence-electron chi connectivity index (χ0n) is 11.1. The smallest absolute Gasteiger partial charge is 0.261 e. The van der Waals surface area contributed by atoms with Crippen molar-refractivity contribution in [1.82, 2.24) is 9.38 Å². The Kier molecular flexibility index (Phi) is 3.46. The summed E-state index contributed by atoms with van der Waals surface area (Å²) in [6, 6.07) is 9.94. The lowest BCUT2D eigenvalue weighted by atomic mass is 10.4. The van der Waals surface area contributed by atoms with Crippen LogP contribution < -0.4 is 4.72 Å². The highest BCUT2D eigenvalue weighted by atomic mass is 79.9. The summed E-state index contributed by atoms with van der Waals surface area (Å²) < 4.78 is 29.8. The molecule has 0 unspecified atom stereocenters. The predicted molar refractivity (Wildman–Crippen MR) is 84.9 cm³/mol. The van der Waals surface area contributed by atoms with Crippen molar-refractivity contribution in [3.05, 3.63) is 59.0 Å². The molecule has 108 valence electrons. The van der Waals surface area contributed by atoms with Gasteiger partial charge in [-0.25, -0.2) is 13.4 Å². The number of hydrogen-bond acceptors (Lipinski definition) is 3. The summed E-state index contributed by atoms with van der Waals surface area (Å²) in [5, 5.41) is 0. The van der Waals surface area contributed by atoms with E-state index < -0.39 is 10.0 Å². The number of nitrogens with one attached hydrogen (secondary N) is 1. The zero-order chi connectivity index (χ0) is 15.0. The maximum Gasteiger partial charge on any atom is 0.261 e. The van der Waals surface area contributed by atoms with Crippen molar-refractivity contribution in [3.63, 3.8) is 0 Å². The van der Waals surface area contributed by atoms with Crippen LogP contribution in [0, 0.1) is 6.92 Å². The minimum atomic E-state index is -3.60. The van der Waals surface area contributed by atoms with E-state index >= 15 is 0 Å².